The van der Waals surface area contributed by atoms with Crippen LogP contribution < -0.4 is 5.32 Å². The fourth-order valence-electron chi connectivity index (χ4n) is 2.14. The van der Waals surface area contributed by atoms with Gasteiger partial charge in [-0.15, -0.1) is 0 Å². The van der Waals surface area contributed by atoms with Gasteiger partial charge in [-0.25, -0.2) is 0 Å². The lowest BCUT2D eigenvalue weighted by Gasteiger charge is -2.23. The van der Waals surface area contributed by atoms with Gasteiger partial charge in [-0.2, -0.15) is 0 Å². The zero-order valence-corrected chi connectivity index (χ0v) is 12.5. The smallest absolute Gasteiger partial charge is 0.293 e. The number of anilines is 1. The average molecular weight is 315 g/mol. The van der Waals surface area contributed by atoms with E-state index in [4.69, 9.17) is 0 Å². The Labute approximate surface area is 116 Å². The van der Waals surface area contributed by atoms with E-state index < -0.39 is 0 Å². The van der Waals surface area contributed by atoms with Crippen LogP contribution in [0.4, 0.5) is 11.4 Å². The molecule has 1 rings (SSSR count). The van der Waals surface area contributed by atoms with Gasteiger partial charge in [0, 0.05) is 16.6 Å². The Hall–Kier alpha value is -1.10. The number of hydrogen-bond donors (Lipinski definition) is 1. The summed E-state index contributed by atoms with van der Waals surface area (Å²) in [5.74, 6) is 0.522. The summed E-state index contributed by atoms with van der Waals surface area (Å²) >= 11 is 3.25. The van der Waals surface area contributed by atoms with Gasteiger partial charge < -0.3 is 5.32 Å². The molecule has 1 aromatic rings. The number of nitro groups is 1. The third kappa shape index (κ3) is 3.70. The molecule has 4 nitrogen and oxygen atoms in total. The fourth-order valence-corrected chi connectivity index (χ4v) is 2.49. The van der Waals surface area contributed by atoms with Crippen molar-refractivity contribution in [2.24, 2.45) is 5.92 Å². The number of nitrogens with one attached hydrogen (secondary N) is 1. The minimum atomic E-state index is -0.354. The molecule has 0 radical (unpaired) electrons. The molecule has 0 amide bonds. The molecule has 0 spiro atoms. The Morgan fingerprint density at radius 1 is 1.39 bits per heavy atom. The van der Waals surface area contributed by atoms with Gasteiger partial charge in [0.1, 0.15) is 5.69 Å². The molecule has 0 fully saturated rings. The molecule has 0 aliphatic heterocycles. The van der Waals surface area contributed by atoms with Gasteiger partial charge in [0.2, 0.25) is 0 Å². The van der Waals surface area contributed by atoms with Crippen LogP contribution in [-0.2, 0) is 0 Å². The van der Waals surface area contributed by atoms with E-state index in [1.807, 2.05) is 6.07 Å². The van der Waals surface area contributed by atoms with Crippen LogP contribution >= 0.6 is 15.9 Å². The van der Waals surface area contributed by atoms with E-state index in [0.717, 1.165) is 17.3 Å². The van der Waals surface area contributed by atoms with Crippen LogP contribution in [-0.4, -0.2) is 11.0 Å². The SMILES string of the molecule is CCC(CC)C(C)Nc1ccc(Br)cc1[N+](=O)[O-]. The standard InChI is InChI=1S/C13H19BrN2O2/c1-4-10(5-2)9(3)15-12-7-6-11(14)8-13(12)16(17)18/h6-10,15H,4-5H2,1-3H3. The summed E-state index contributed by atoms with van der Waals surface area (Å²) in [6, 6.07) is 5.32. The van der Waals surface area contributed by atoms with Crippen molar-refractivity contribution in [3.05, 3.63) is 32.8 Å². The van der Waals surface area contributed by atoms with Gasteiger partial charge in [-0.05, 0) is 25.0 Å². The van der Waals surface area contributed by atoms with Crippen LogP contribution in [0.3, 0.4) is 0 Å². The number of rotatable bonds is 6. The first-order valence-electron chi connectivity index (χ1n) is 6.20. The first kappa shape index (κ1) is 15.0. The zero-order valence-electron chi connectivity index (χ0n) is 10.9. The molecular weight excluding hydrogens is 296 g/mol. The normalized spacial score (nSPS) is 12.5. The van der Waals surface area contributed by atoms with Gasteiger partial charge in [0.05, 0.1) is 4.92 Å². The summed E-state index contributed by atoms with van der Waals surface area (Å²) in [6.07, 6.45) is 2.13. The summed E-state index contributed by atoms with van der Waals surface area (Å²) in [5.41, 5.74) is 0.699. The summed E-state index contributed by atoms with van der Waals surface area (Å²) < 4.78 is 0.718. The van der Waals surface area contributed by atoms with Gasteiger partial charge in [-0.1, -0.05) is 42.6 Å². The van der Waals surface area contributed by atoms with E-state index in [0.29, 0.717) is 11.6 Å². The van der Waals surface area contributed by atoms with Crippen molar-refractivity contribution >= 4 is 27.3 Å². The Morgan fingerprint density at radius 2 is 2.00 bits per heavy atom. The van der Waals surface area contributed by atoms with E-state index in [1.54, 1.807) is 6.07 Å². The van der Waals surface area contributed by atoms with E-state index in [1.165, 1.54) is 6.07 Å². The number of benzene rings is 1. The monoisotopic (exact) mass is 314 g/mol. The second kappa shape index (κ2) is 6.73. The Morgan fingerprint density at radius 3 is 2.50 bits per heavy atom. The molecule has 1 atom stereocenters. The largest absolute Gasteiger partial charge is 0.377 e. The maximum absolute atomic E-state index is 11.0. The molecule has 100 valence electrons. The Bertz CT molecular complexity index is 419. The molecule has 5 heteroatoms. The molecule has 1 N–H and O–H groups in total. The Balaban J connectivity index is 2.93. The van der Waals surface area contributed by atoms with Crippen molar-refractivity contribution in [2.75, 3.05) is 5.32 Å². The van der Waals surface area contributed by atoms with Crippen molar-refractivity contribution in [1.82, 2.24) is 0 Å². The zero-order chi connectivity index (χ0) is 13.7. The summed E-state index contributed by atoms with van der Waals surface area (Å²) in [4.78, 5) is 10.7. The van der Waals surface area contributed by atoms with Gasteiger partial charge in [0.25, 0.3) is 5.69 Å². The highest BCUT2D eigenvalue weighted by Gasteiger charge is 2.19. The van der Waals surface area contributed by atoms with Crippen molar-refractivity contribution in [1.29, 1.82) is 0 Å². The highest BCUT2D eigenvalue weighted by atomic mass is 79.9. The molecule has 0 aromatic heterocycles. The molecule has 0 heterocycles. The summed E-state index contributed by atoms with van der Waals surface area (Å²) in [6.45, 7) is 6.36. The van der Waals surface area contributed by atoms with Crippen LogP contribution in [0.2, 0.25) is 0 Å². The highest BCUT2D eigenvalue weighted by molar-refractivity contribution is 9.10. The van der Waals surface area contributed by atoms with E-state index in [2.05, 4.69) is 42.0 Å². The van der Waals surface area contributed by atoms with Crippen LogP contribution in [0.25, 0.3) is 0 Å². The molecule has 0 bridgehead atoms. The van der Waals surface area contributed by atoms with Crippen LogP contribution in [0.15, 0.2) is 22.7 Å². The number of nitro benzene ring substituents is 1. The lowest BCUT2D eigenvalue weighted by Crippen LogP contribution is -2.25. The Kier molecular flexibility index (Phi) is 5.59. The average Bonchev–Trinajstić information content (AvgIpc) is 2.32. The van der Waals surface area contributed by atoms with Crippen molar-refractivity contribution < 1.29 is 4.92 Å². The maximum Gasteiger partial charge on any atom is 0.293 e. The van der Waals surface area contributed by atoms with Crippen LogP contribution in [0.5, 0.6) is 0 Å². The lowest BCUT2D eigenvalue weighted by molar-refractivity contribution is -0.384. The molecular formula is C13H19BrN2O2. The van der Waals surface area contributed by atoms with Gasteiger partial charge >= 0.3 is 0 Å². The highest BCUT2D eigenvalue weighted by Crippen LogP contribution is 2.29. The molecule has 0 aliphatic carbocycles. The minimum absolute atomic E-state index is 0.113. The molecule has 0 saturated carbocycles. The number of nitrogens with zero attached hydrogens (tertiary/aromatic N) is 1. The van der Waals surface area contributed by atoms with Crippen LogP contribution in [0, 0.1) is 16.0 Å². The number of halogens is 1. The second-order valence-electron chi connectivity index (χ2n) is 4.43. The third-order valence-corrected chi connectivity index (χ3v) is 3.79. The first-order chi connectivity index (χ1) is 8.49. The molecule has 18 heavy (non-hydrogen) atoms. The third-order valence-electron chi connectivity index (χ3n) is 3.30. The van der Waals surface area contributed by atoms with Crippen molar-refractivity contribution in [3.8, 4) is 0 Å². The molecule has 0 saturated heterocycles. The predicted molar refractivity (Wildman–Crippen MR) is 78.0 cm³/mol. The topological polar surface area (TPSA) is 55.2 Å². The van der Waals surface area contributed by atoms with Crippen molar-refractivity contribution in [2.45, 2.75) is 39.7 Å². The summed E-state index contributed by atoms with van der Waals surface area (Å²) in [7, 11) is 0. The van der Waals surface area contributed by atoms with Crippen molar-refractivity contribution in [3.63, 3.8) is 0 Å². The van der Waals surface area contributed by atoms with E-state index in [-0.39, 0.29) is 16.7 Å². The first-order valence-corrected chi connectivity index (χ1v) is 6.99. The fraction of sp³-hybridized carbons (Fsp3) is 0.538. The van der Waals surface area contributed by atoms with Crippen LogP contribution in [0.1, 0.15) is 33.6 Å². The maximum atomic E-state index is 11.0. The predicted octanol–water partition coefficient (Wildman–Crippen LogP) is 4.59. The molecule has 0 aliphatic rings. The van der Waals surface area contributed by atoms with Gasteiger partial charge in [-0.3, -0.25) is 10.1 Å². The van der Waals surface area contributed by atoms with E-state index in [9.17, 15) is 10.1 Å². The molecule has 1 unspecified atom stereocenters. The van der Waals surface area contributed by atoms with Gasteiger partial charge in [0.15, 0.2) is 0 Å². The summed E-state index contributed by atoms with van der Waals surface area (Å²) in [5, 5.41) is 14.3. The minimum Gasteiger partial charge on any atom is -0.377 e. The quantitative estimate of drug-likeness (QED) is 0.617. The molecule has 1 aromatic carbocycles. The lowest BCUT2D eigenvalue weighted by atomic mass is 9.95. The number of hydrogen-bond acceptors (Lipinski definition) is 3. The second-order valence-corrected chi connectivity index (χ2v) is 5.34. The van der Waals surface area contributed by atoms with E-state index >= 15 is 0 Å².